The molecule has 1 N–H and O–H groups in total. The maximum Gasteiger partial charge on any atom is 0.103 e. The number of nitrogens with zero attached hydrogens (tertiary/aromatic N) is 2. The topological polar surface area (TPSA) is 47.3 Å². The Labute approximate surface area is 99.7 Å². The van der Waals surface area contributed by atoms with Gasteiger partial charge in [-0.15, -0.1) is 11.8 Å². The molecule has 1 aliphatic heterocycles. The van der Waals surface area contributed by atoms with Crippen LogP contribution in [0.1, 0.15) is 5.56 Å². The van der Waals surface area contributed by atoms with E-state index in [1.165, 1.54) is 0 Å². The van der Waals surface area contributed by atoms with Crippen molar-refractivity contribution in [2.75, 3.05) is 30.9 Å². The van der Waals surface area contributed by atoms with Crippen molar-refractivity contribution >= 4 is 17.4 Å². The highest BCUT2D eigenvalue weighted by atomic mass is 32.2. The summed E-state index contributed by atoms with van der Waals surface area (Å²) in [6, 6.07) is 8.20. The zero-order valence-electron chi connectivity index (χ0n) is 9.18. The molecule has 0 amide bonds. The molecule has 16 heavy (non-hydrogen) atoms. The monoisotopic (exact) mass is 234 g/mol. The molecule has 0 spiro atoms. The summed E-state index contributed by atoms with van der Waals surface area (Å²) >= 11 is 1.59. The second-order valence-corrected chi connectivity index (χ2v) is 4.77. The lowest BCUT2D eigenvalue weighted by Crippen LogP contribution is -2.48. The maximum absolute atomic E-state index is 9.18. The molecule has 0 bridgehead atoms. The van der Waals surface area contributed by atoms with Crippen molar-refractivity contribution in [3.05, 3.63) is 23.8 Å². The quantitative estimate of drug-likeness (QED) is 0.809. The number of aliphatic hydroxyl groups excluding tert-OH is 1. The van der Waals surface area contributed by atoms with Gasteiger partial charge in [0, 0.05) is 30.5 Å². The first-order chi connectivity index (χ1) is 7.80. The molecule has 2 rings (SSSR count). The lowest BCUT2D eigenvalue weighted by molar-refractivity contribution is 0.200. The van der Waals surface area contributed by atoms with Crippen molar-refractivity contribution in [3.8, 4) is 6.07 Å². The molecule has 0 saturated carbocycles. The van der Waals surface area contributed by atoms with Crippen LogP contribution in [0.15, 0.2) is 23.1 Å². The van der Waals surface area contributed by atoms with Crippen molar-refractivity contribution in [3.63, 3.8) is 0 Å². The van der Waals surface area contributed by atoms with Gasteiger partial charge in [-0.3, -0.25) is 0 Å². The summed E-state index contributed by atoms with van der Waals surface area (Å²) in [5.41, 5.74) is 1.76. The Morgan fingerprint density at radius 2 is 2.31 bits per heavy atom. The molecular weight excluding hydrogens is 220 g/mol. The lowest BCUT2D eigenvalue weighted by Gasteiger charge is -2.40. The molecule has 1 aliphatic rings. The average molecular weight is 234 g/mol. The molecule has 0 aromatic heterocycles. The van der Waals surface area contributed by atoms with Crippen LogP contribution in [-0.4, -0.2) is 31.1 Å². The number of anilines is 1. The van der Waals surface area contributed by atoms with Crippen LogP contribution < -0.4 is 4.90 Å². The van der Waals surface area contributed by atoms with Gasteiger partial charge in [0.15, 0.2) is 0 Å². The third-order valence-electron chi connectivity index (χ3n) is 2.89. The van der Waals surface area contributed by atoms with Crippen molar-refractivity contribution in [1.82, 2.24) is 0 Å². The van der Waals surface area contributed by atoms with E-state index in [4.69, 9.17) is 5.11 Å². The zero-order valence-corrected chi connectivity index (χ0v) is 10.00. The predicted octanol–water partition coefficient (Wildman–Crippen LogP) is 1.71. The van der Waals surface area contributed by atoms with Gasteiger partial charge in [-0.05, 0) is 18.4 Å². The minimum absolute atomic E-state index is 0.237. The van der Waals surface area contributed by atoms with E-state index in [0.29, 0.717) is 5.92 Å². The molecule has 1 aromatic rings. The van der Waals surface area contributed by atoms with Gasteiger partial charge in [0.1, 0.15) is 6.07 Å². The highest BCUT2D eigenvalue weighted by Crippen LogP contribution is 2.32. The Kier molecular flexibility index (Phi) is 3.37. The van der Waals surface area contributed by atoms with E-state index >= 15 is 0 Å². The van der Waals surface area contributed by atoms with E-state index in [-0.39, 0.29) is 6.61 Å². The second-order valence-electron chi connectivity index (χ2n) is 3.92. The van der Waals surface area contributed by atoms with Gasteiger partial charge in [-0.2, -0.15) is 5.26 Å². The smallest absolute Gasteiger partial charge is 0.103 e. The summed E-state index contributed by atoms with van der Waals surface area (Å²) in [7, 11) is 0. The molecule has 3 nitrogen and oxygen atoms in total. The van der Waals surface area contributed by atoms with Crippen LogP contribution in [0.2, 0.25) is 0 Å². The lowest BCUT2D eigenvalue weighted by atomic mass is 9.99. The Morgan fingerprint density at radius 3 is 2.88 bits per heavy atom. The molecule has 0 aliphatic carbocycles. The number of thioether (sulfide) groups is 1. The minimum atomic E-state index is 0.237. The van der Waals surface area contributed by atoms with Gasteiger partial charge >= 0.3 is 0 Å². The Morgan fingerprint density at radius 1 is 1.56 bits per heavy atom. The summed E-state index contributed by atoms with van der Waals surface area (Å²) < 4.78 is 0. The van der Waals surface area contributed by atoms with E-state index in [1.54, 1.807) is 11.8 Å². The molecule has 0 radical (unpaired) electrons. The zero-order chi connectivity index (χ0) is 11.5. The fourth-order valence-electron chi connectivity index (χ4n) is 1.95. The van der Waals surface area contributed by atoms with Crippen molar-refractivity contribution in [2.45, 2.75) is 4.90 Å². The van der Waals surface area contributed by atoms with Crippen LogP contribution in [0.5, 0.6) is 0 Å². The van der Waals surface area contributed by atoms with Gasteiger partial charge in [-0.25, -0.2) is 0 Å². The average Bonchev–Trinajstić information content (AvgIpc) is 2.27. The summed E-state index contributed by atoms with van der Waals surface area (Å²) in [6.07, 6.45) is 1.98. The van der Waals surface area contributed by atoms with E-state index in [2.05, 4.69) is 11.0 Å². The first kappa shape index (κ1) is 11.3. The third-order valence-corrected chi connectivity index (χ3v) is 3.67. The van der Waals surface area contributed by atoms with Crippen LogP contribution in [-0.2, 0) is 0 Å². The molecule has 0 atom stereocenters. The standard InChI is InChI=1S/C12H14N2OS/c1-16-12-4-2-3-11(10(12)5-13)14-6-9(7-14)8-15/h2-4,9,15H,6-8H2,1H3. The first-order valence-electron chi connectivity index (χ1n) is 5.23. The van der Waals surface area contributed by atoms with Crippen molar-refractivity contribution in [2.24, 2.45) is 5.92 Å². The molecular formula is C12H14N2OS. The van der Waals surface area contributed by atoms with Crippen LogP contribution in [0, 0.1) is 17.2 Å². The number of benzene rings is 1. The van der Waals surface area contributed by atoms with Gasteiger partial charge in [0.05, 0.1) is 11.3 Å². The first-order valence-corrected chi connectivity index (χ1v) is 6.45. The summed E-state index contributed by atoms with van der Waals surface area (Å²) in [6.45, 7) is 1.94. The summed E-state index contributed by atoms with van der Waals surface area (Å²) in [5, 5.41) is 18.2. The molecule has 1 saturated heterocycles. The van der Waals surface area contributed by atoms with E-state index in [1.807, 2.05) is 24.5 Å². The number of nitriles is 1. The number of hydrogen-bond acceptors (Lipinski definition) is 4. The van der Waals surface area contributed by atoms with Crippen molar-refractivity contribution in [1.29, 1.82) is 5.26 Å². The Bertz CT molecular complexity index is 422. The number of hydrogen-bond donors (Lipinski definition) is 1. The molecule has 84 valence electrons. The van der Waals surface area contributed by atoms with E-state index < -0.39 is 0 Å². The van der Waals surface area contributed by atoms with Gasteiger partial charge in [0.25, 0.3) is 0 Å². The van der Waals surface area contributed by atoms with Crippen LogP contribution in [0.3, 0.4) is 0 Å². The Hall–Kier alpha value is -1.18. The fraction of sp³-hybridized carbons (Fsp3) is 0.417. The van der Waals surface area contributed by atoms with Crippen molar-refractivity contribution < 1.29 is 5.11 Å². The fourth-order valence-corrected chi connectivity index (χ4v) is 2.52. The van der Waals surface area contributed by atoms with Crippen LogP contribution in [0.4, 0.5) is 5.69 Å². The summed E-state index contributed by atoms with van der Waals surface area (Å²) in [4.78, 5) is 3.17. The normalized spacial score (nSPS) is 15.7. The van der Waals surface area contributed by atoms with E-state index in [9.17, 15) is 5.26 Å². The highest BCUT2D eigenvalue weighted by Gasteiger charge is 2.28. The second kappa shape index (κ2) is 4.77. The van der Waals surface area contributed by atoms with Gasteiger partial charge < -0.3 is 10.0 Å². The SMILES string of the molecule is CSc1cccc(N2CC(CO)C2)c1C#N. The number of rotatable bonds is 3. The van der Waals surface area contributed by atoms with Crippen LogP contribution in [0.25, 0.3) is 0 Å². The number of aliphatic hydroxyl groups is 1. The van der Waals surface area contributed by atoms with E-state index in [0.717, 1.165) is 29.2 Å². The van der Waals surface area contributed by atoms with Crippen LogP contribution >= 0.6 is 11.8 Å². The molecule has 1 fully saturated rings. The van der Waals surface area contributed by atoms with Gasteiger partial charge in [-0.1, -0.05) is 6.07 Å². The molecule has 4 heteroatoms. The Balaban J connectivity index is 2.25. The highest BCUT2D eigenvalue weighted by molar-refractivity contribution is 7.98. The largest absolute Gasteiger partial charge is 0.396 e. The molecule has 1 heterocycles. The molecule has 1 aromatic carbocycles. The minimum Gasteiger partial charge on any atom is -0.396 e. The molecule has 0 unspecified atom stereocenters. The van der Waals surface area contributed by atoms with Gasteiger partial charge in [0.2, 0.25) is 0 Å². The summed E-state index contributed by atoms with van der Waals surface area (Å²) in [5.74, 6) is 0.365. The maximum atomic E-state index is 9.18. The predicted molar refractivity (Wildman–Crippen MR) is 65.7 cm³/mol. The third kappa shape index (κ3) is 1.89.